The molecule has 0 atom stereocenters. The molecule has 3 rings (SSSR count). The van der Waals surface area contributed by atoms with Crippen molar-refractivity contribution in [2.45, 2.75) is 56.8 Å². The SMILES string of the molecule is CC(C)c1noc(CCC(=O)Nc2ccc(S(=O)(=O)N3CCCCC3)cc2)n1. The van der Waals surface area contributed by atoms with Crippen LogP contribution in [0.4, 0.5) is 5.69 Å². The van der Waals surface area contributed by atoms with Crippen LogP contribution in [0, 0.1) is 0 Å². The van der Waals surface area contributed by atoms with Gasteiger partial charge in [-0.2, -0.15) is 9.29 Å². The molecular formula is C19H26N4O4S. The van der Waals surface area contributed by atoms with Gasteiger partial charge in [0.2, 0.25) is 21.8 Å². The van der Waals surface area contributed by atoms with Crippen LogP contribution in [-0.4, -0.2) is 41.9 Å². The van der Waals surface area contributed by atoms with E-state index in [0.717, 1.165) is 19.3 Å². The number of hydrogen-bond donors (Lipinski definition) is 1. The van der Waals surface area contributed by atoms with Crippen molar-refractivity contribution in [3.8, 4) is 0 Å². The number of rotatable bonds is 7. The van der Waals surface area contributed by atoms with Gasteiger partial charge in [-0.05, 0) is 37.1 Å². The van der Waals surface area contributed by atoms with Gasteiger partial charge in [0.15, 0.2) is 5.82 Å². The number of carbonyl (C=O) groups is 1. The number of nitrogens with one attached hydrogen (secondary N) is 1. The van der Waals surface area contributed by atoms with E-state index in [1.165, 1.54) is 16.4 Å². The summed E-state index contributed by atoms with van der Waals surface area (Å²) in [5, 5.41) is 6.63. The molecule has 1 aromatic carbocycles. The maximum absolute atomic E-state index is 12.6. The number of hydrogen-bond acceptors (Lipinski definition) is 6. The molecule has 8 nitrogen and oxygen atoms in total. The van der Waals surface area contributed by atoms with Crippen molar-refractivity contribution in [1.82, 2.24) is 14.4 Å². The number of piperidine rings is 1. The van der Waals surface area contributed by atoms with Crippen LogP contribution in [0.25, 0.3) is 0 Å². The minimum Gasteiger partial charge on any atom is -0.339 e. The Bertz CT molecular complexity index is 900. The quantitative estimate of drug-likeness (QED) is 0.758. The van der Waals surface area contributed by atoms with Crippen molar-refractivity contribution in [1.29, 1.82) is 0 Å². The first-order valence-electron chi connectivity index (χ1n) is 9.59. The molecule has 0 saturated carbocycles. The van der Waals surface area contributed by atoms with Gasteiger partial charge < -0.3 is 9.84 Å². The summed E-state index contributed by atoms with van der Waals surface area (Å²) in [7, 11) is -3.47. The van der Waals surface area contributed by atoms with Gasteiger partial charge in [-0.25, -0.2) is 8.42 Å². The lowest BCUT2D eigenvalue weighted by molar-refractivity contribution is -0.116. The van der Waals surface area contributed by atoms with E-state index >= 15 is 0 Å². The second-order valence-electron chi connectivity index (χ2n) is 7.24. The number of benzene rings is 1. The van der Waals surface area contributed by atoms with Crippen LogP contribution >= 0.6 is 0 Å². The van der Waals surface area contributed by atoms with E-state index in [1.807, 2.05) is 13.8 Å². The molecule has 152 valence electrons. The van der Waals surface area contributed by atoms with Crippen molar-refractivity contribution in [3.63, 3.8) is 0 Å². The van der Waals surface area contributed by atoms with E-state index in [4.69, 9.17) is 4.52 Å². The molecule has 1 amide bonds. The van der Waals surface area contributed by atoms with Crippen molar-refractivity contribution in [2.24, 2.45) is 0 Å². The Hall–Kier alpha value is -2.26. The average molecular weight is 407 g/mol. The van der Waals surface area contributed by atoms with Crippen molar-refractivity contribution < 1.29 is 17.7 Å². The monoisotopic (exact) mass is 406 g/mol. The van der Waals surface area contributed by atoms with E-state index in [-0.39, 0.29) is 23.1 Å². The van der Waals surface area contributed by atoms with E-state index in [2.05, 4.69) is 15.5 Å². The number of aryl methyl sites for hydroxylation is 1. The molecule has 1 aliphatic heterocycles. The van der Waals surface area contributed by atoms with E-state index < -0.39 is 10.0 Å². The van der Waals surface area contributed by atoms with Crippen LogP contribution in [0.1, 0.15) is 57.2 Å². The Morgan fingerprint density at radius 2 is 1.86 bits per heavy atom. The first-order valence-corrected chi connectivity index (χ1v) is 11.0. The molecule has 1 saturated heterocycles. The molecule has 0 spiro atoms. The summed E-state index contributed by atoms with van der Waals surface area (Å²) in [5.74, 6) is 1.03. The number of sulfonamides is 1. The molecule has 2 heterocycles. The van der Waals surface area contributed by atoms with Crippen LogP contribution in [-0.2, 0) is 21.2 Å². The van der Waals surface area contributed by atoms with Gasteiger partial charge in [-0.1, -0.05) is 25.4 Å². The summed E-state index contributed by atoms with van der Waals surface area (Å²) in [6.07, 6.45) is 3.41. The van der Waals surface area contributed by atoms with Crippen LogP contribution in [0.15, 0.2) is 33.7 Å². The van der Waals surface area contributed by atoms with Gasteiger partial charge in [0, 0.05) is 37.5 Å². The number of anilines is 1. The minimum absolute atomic E-state index is 0.172. The van der Waals surface area contributed by atoms with Crippen molar-refractivity contribution in [2.75, 3.05) is 18.4 Å². The van der Waals surface area contributed by atoms with E-state index in [1.54, 1.807) is 12.1 Å². The van der Waals surface area contributed by atoms with E-state index in [9.17, 15) is 13.2 Å². The smallest absolute Gasteiger partial charge is 0.243 e. The van der Waals surface area contributed by atoms with Crippen LogP contribution in [0.5, 0.6) is 0 Å². The van der Waals surface area contributed by atoms with Gasteiger partial charge in [0.1, 0.15) is 0 Å². The van der Waals surface area contributed by atoms with Crippen molar-refractivity contribution >= 4 is 21.6 Å². The molecule has 0 radical (unpaired) electrons. The third-order valence-corrected chi connectivity index (χ3v) is 6.57. The van der Waals surface area contributed by atoms with Crippen LogP contribution in [0.3, 0.4) is 0 Å². The zero-order chi connectivity index (χ0) is 20.1. The lowest BCUT2D eigenvalue weighted by Crippen LogP contribution is -2.35. The Kier molecular flexibility index (Phi) is 6.46. The number of nitrogens with zero attached hydrogens (tertiary/aromatic N) is 3. The second kappa shape index (κ2) is 8.83. The van der Waals surface area contributed by atoms with Gasteiger partial charge >= 0.3 is 0 Å². The Morgan fingerprint density at radius 3 is 2.46 bits per heavy atom. The highest BCUT2D eigenvalue weighted by Crippen LogP contribution is 2.22. The average Bonchev–Trinajstić information content (AvgIpc) is 3.17. The fraction of sp³-hybridized carbons (Fsp3) is 0.526. The minimum atomic E-state index is -3.47. The molecule has 2 aromatic rings. The lowest BCUT2D eigenvalue weighted by atomic mass is 10.2. The zero-order valence-electron chi connectivity index (χ0n) is 16.2. The van der Waals surface area contributed by atoms with Gasteiger partial charge in [0.05, 0.1) is 4.90 Å². The standard InChI is InChI=1S/C19H26N4O4S/c1-14(2)19-21-18(27-22-19)11-10-17(24)20-15-6-8-16(9-7-15)28(25,26)23-12-4-3-5-13-23/h6-9,14H,3-5,10-13H2,1-2H3,(H,20,24). The summed E-state index contributed by atoms with van der Waals surface area (Å²) in [5.41, 5.74) is 0.552. The fourth-order valence-electron chi connectivity index (χ4n) is 3.01. The Morgan fingerprint density at radius 1 is 1.18 bits per heavy atom. The van der Waals surface area contributed by atoms with Gasteiger partial charge in [-0.15, -0.1) is 0 Å². The highest BCUT2D eigenvalue weighted by atomic mass is 32.2. The summed E-state index contributed by atoms with van der Waals surface area (Å²) in [6.45, 7) is 5.07. The highest BCUT2D eigenvalue weighted by molar-refractivity contribution is 7.89. The molecule has 0 aliphatic carbocycles. The largest absolute Gasteiger partial charge is 0.339 e. The third kappa shape index (κ3) is 4.96. The summed E-state index contributed by atoms with van der Waals surface area (Å²) >= 11 is 0. The summed E-state index contributed by atoms with van der Waals surface area (Å²) < 4.78 is 31.9. The lowest BCUT2D eigenvalue weighted by Gasteiger charge is -2.25. The predicted octanol–water partition coefficient (Wildman–Crippen LogP) is 2.94. The molecule has 9 heteroatoms. The zero-order valence-corrected chi connectivity index (χ0v) is 17.0. The van der Waals surface area contributed by atoms with Crippen molar-refractivity contribution in [3.05, 3.63) is 36.0 Å². The second-order valence-corrected chi connectivity index (χ2v) is 9.18. The first-order chi connectivity index (χ1) is 13.4. The maximum atomic E-state index is 12.6. The predicted molar refractivity (Wildman–Crippen MR) is 104 cm³/mol. The van der Waals surface area contributed by atoms with Gasteiger partial charge in [-0.3, -0.25) is 4.79 Å². The topological polar surface area (TPSA) is 105 Å². The maximum Gasteiger partial charge on any atom is 0.243 e. The van der Waals surface area contributed by atoms with E-state index in [0.29, 0.717) is 36.9 Å². The molecule has 1 N–H and O–H groups in total. The van der Waals surface area contributed by atoms with Crippen LogP contribution < -0.4 is 5.32 Å². The third-order valence-electron chi connectivity index (χ3n) is 4.66. The molecule has 1 aromatic heterocycles. The molecule has 0 unspecified atom stereocenters. The molecule has 28 heavy (non-hydrogen) atoms. The number of carbonyl (C=O) groups excluding carboxylic acids is 1. The summed E-state index contributed by atoms with van der Waals surface area (Å²) in [4.78, 5) is 16.6. The summed E-state index contributed by atoms with van der Waals surface area (Å²) in [6, 6.07) is 6.29. The Balaban J connectivity index is 1.55. The normalized spacial score (nSPS) is 15.7. The van der Waals surface area contributed by atoms with Gasteiger partial charge in [0.25, 0.3) is 0 Å². The highest BCUT2D eigenvalue weighted by Gasteiger charge is 2.25. The first kappa shape index (κ1) is 20.5. The molecule has 1 aliphatic rings. The fourth-order valence-corrected chi connectivity index (χ4v) is 4.53. The number of aromatic nitrogens is 2. The molecule has 1 fully saturated rings. The number of amides is 1. The molecule has 0 bridgehead atoms. The van der Waals surface area contributed by atoms with Crippen LogP contribution in [0.2, 0.25) is 0 Å². The molecular weight excluding hydrogens is 380 g/mol. The Labute approximate surface area is 165 Å².